The molecule has 1 aromatic rings. The predicted octanol–water partition coefficient (Wildman–Crippen LogP) is 2.61. The second-order valence-corrected chi connectivity index (χ2v) is 4.33. The van der Waals surface area contributed by atoms with Gasteiger partial charge in [0.2, 0.25) is 0 Å². The fraction of sp³-hybridized carbons (Fsp3) is 0.500. The Labute approximate surface area is 89.9 Å². The van der Waals surface area contributed by atoms with E-state index in [0.717, 1.165) is 16.5 Å². The molecule has 4 heteroatoms. The maximum atomic E-state index is 5.94. The molecule has 1 aliphatic carbocycles. The molecule has 1 aliphatic rings. The van der Waals surface area contributed by atoms with E-state index in [1.165, 1.54) is 24.0 Å². The van der Waals surface area contributed by atoms with Crippen molar-refractivity contribution in [1.82, 2.24) is 10.2 Å². The first-order chi connectivity index (χ1) is 5.79. The van der Waals surface area contributed by atoms with Gasteiger partial charge in [-0.2, -0.15) is 0 Å². The van der Waals surface area contributed by atoms with Crippen LogP contribution in [0.4, 0.5) is 0 Å². The average Bonchev–Trinajstić information content (AvgIpc) is 2.12. The fourth-order valence-electron chi connectivity index (χ4n) is 1.57. The first-order valence-corrected chi connectivity index (χ1v) is 5.44. The van der Waals surface area contributed by atoms with Crippen molar-refractivity contribution in [2.45, 2.75) is 25.7 Å². The van der Waals surface area contributed by atoms with Crippen molar-refractivity contribution in [3.05, 3.63) is 20.0 Å². The van der Waals surface area contributed by atoms with Crippen LogP contribution >= 0.6 is 34.2 Å². The molecular weight excluding hydrogens is 286 g/mol. The second kappa shape index (κ2) is 3.46. The molecule has 0 amide bonds. The largest absolute Gasteiger partial charge is 0.155 e. The van der Waals surface area contributed by atoms with E-state index in [-0.39, 0.29) is 0 Å². The quantitative estimate of drug-likeness (QED) is 0.687. The summed E-state index contributed by atoms with van der Waals surface area (Å²) in [5, 5.41) is 8.50. The number of nitrogens with zero attached hydrogens (tertiary/aromatic N) is 2. The van der Waals surface area contributed by atoms with Gasteiger partial charge in [-0.1, -0.05) is 11.6 Å². The van der Waals surface area contributed by atoms with Gasteiger partial charge in [-0.15, -0.1) is 10.2 Å². The van der Waals surface area contributed by atoms with E-state index in [4.69, 9.17) is 11.6 Å². The zero-order valence-corrected chi connectivity index (χ0v) is 9.39. The number of halogens is 2. The molecule has 0 aromatic carbocycles. The van der Waals surface area contributed by atoms with E-state index in [0.29, 0.717) is 5.15 Å². The number of hydrogen-bond donors (Lipinski definition) is 0. The molecule has 0 atom stereocenters. The lowest BCUT2D eigenvalue weighted by molar-refractivity contribution is 0.669. The minimum Gasteiger partial charge on any atom is -0.143 e. The van der Waals surface area contributed by atoms with Crippen molar-refractivity contribution in [3.8, 4) is 0 Å². The van der Waals surface area contributed by atoms with Crippen LogP contribution in [-0.2, 0) is 12.8 Å². The second-order valence-electron chi connectivity index (χ2n) is 2.95. The molecular formula is C8H8ClIN2. The molecule has 0 aliphatic heterocycles. The highest BCUT2D eigenvalue weighted by molar-refractivity contribution is 14.1. The van der Waals surface area contributed by atoms with Crippen molar-refractivity contribution in [3.63, 3.8) is 0 Å². The van der Waals surface area contributed by atoms with Crippen LogP contribution in [0.3, 0.4) is 0 Å². The van der Waals surface area contributed by atoms with Crippen molar-refractivity contribution < 1.29 is 0 Å². The molecule has 12 heavy (non-hydrogen) atoms. The SMILES string of the molecule is Clc1nnc(I)c2c1CCCC2. The van der Waals surface area contributed by atoms with Crippen molar-refractivity contribution in [2.24, 2.45) is 0 Å². The third kappa shape index (κ3) is 1.44. The van der Waals surface area contributed by atoms with E-state index in [9.17, 15) is 0 Å². The molecule has 0 saturated heterocycles. The molecule has 2 rings (SSSR count). The van der Waals surface area contributed by atoms with Crippen LogP contribution in [0, 0.1) is 3.70 Å². The lowest BCUT2D eigenvalue weighted by Gasteiger charge is -2.16. The van der Waals surface area contributed by atoms with Crippen LogP contribution < -0.4 is 0 Å². The summed E-state index contributed by atoms with van der Waals surface area (Å²) < 4.78 is 1.02. The highest BCUT2D eigenvalue weighted by atomic mass is 127. The topological polar surface area (TPSA) is 25.8 Å². The first-order valence-electron chi connectivity index (χ1n) is 3.98. The van der Waals surface area contributed by atoms with Gasteiger partial charge in [0.1, 0.15) is 3.70 Å². The normalized spacial score (nSPS) is 15.8. The predicted molar refractivity (Wildman–Crippen MR) is 56.4 cm³/mol. The van der Waals surface area contributed by atoms with Crippen molar-refractivity contribution >= 4 is 34.2 Å². The molecule has 0 fully saturated rings. The van der Waals surface area contributed by atoms with Gasteiger partial charge in [-0.25, -0.2) is 0 Å². The number of rotatable bonds is 0. The maximum Gasteiger partial charge on any atom is 0.155 e. The Morgan fingerprint density at radius 2 is 1.75 bits per heavy atom. The monoisotopic (exact) mass is 294 g/mol. The van der Waals surface area contributed by atoms with Gasteiger partial charge in [0.25, 0.3) is 0 Å². The lowest BCUT2D eigenvalue weighted by atomic mass is 9.95. The number of fused-ring (bicyclic) bond motifs is 1. The van der Waals surface area contributed by atoms with Crippen LogP contribution in [0.1, 0.15) is 24.0 Å². The molecule has 0 N–H and O–H groups in total. The third-order valence-electron chi connectivity index (χ3n) is 2.19. The van der Waals surface area contributed by atoms with E-state index in [1.807, 2.05) is 0 Å². The van der Waals surface area contributed by atoms with Crippen molar-refractivity contribution in [1.29, 1.82) is 0 Å². The van der Waals surface area contributed by atoms with E-state index >= 15 is 0 Å². The van der Waals surface area contributed by atoms with Crippen LogP contribution in [0.2, 0.25) is 5.15 Å². The highest BCUT2D eigenvalue weighted by Crippen LogP contribution is 2.27. The van der Waals surface area contributed by atoms with E-state index < -0.39 is 0 Å². The van der Waals surface area contributed by atoms with Gasteiger partial charge < -0.3 is 0 Å². The van der Waals surface area contributed by atoms with E-state index in [1.54, 1.807) is 0 Å². The Hall–Kier alpha value is 0.1000. The summed E-state index contributed by atoms with van der Waals surface area (Å²) >= 11 is 8.16. The van der Waals surface area contributed by atoms with Crippen molar-refractivity contribution in [2.75, 3.05) is 0 Å². The fourth-order valence-corrected chi connectivity index (χ4v) is 2.52. The van der Waals surface area contributed by atoms with Gasteiger partial charge in [0.05, 0.1) is 0 Å². The minimum atomic E-state index is 0.602. The summed E-state index contributed by atoms with van der Waals surface area (Å²) in [5.74, 6) is 0. The zero-order chi connectivity index (χ0) is 8.55. The minimum absolute atomic E-state index is 0.602. The summed E-state index contributed by atoms with van der Waals surface area (Å²) in [4.78, 5) is 0. The molecule has 0 saturated carbocycles. The third-order valence-corrected chi connectivity index (χ3v) is 3.36. The first kappa shape index (κ1) is 8.69. The number of aromatic nitrogens is 2. The molecule has 1 aromatic heterocycles. The van der Waals surface area contributed by atoms with Crippen LogP contribution in [0.15, 0.2) is 0 Å². The van der Waals surface area contributed by atoms with Crippen LogP contribution in [0.25, 0.3) is 0 Å². The zero-order valence-electron chi connectivity index (χ0n) is 6.48. The molecule has 0 unspecified atom stereocenters. The van der Waals surface area contributed by atoms with E-state index in [2.05, 4.69) is 32.8 Å². The molecule has 64 valence electrons. The summed E-state index contributed by atoms with van der Waals surface area (Å²) in [6, 6.07) is 0. The Morgan fingerprint density at radius 1 is 1.08 bits per heavy atom. The van der Waals surface area contributed by atoms with Crippen LogP contribution in [-0.4, -0.2) is 10.2 Å². The summed E-state index contributed by atoms with van der Waals surface area (Å²) in [6.45, 7) is 0. The van der Waals surface area contributed by atoms with Gasteiger partial charge >= 0.3 is 0 Å². The molecule has 0 radical (unpaired) electrons. The Balaban J connectivity index is 2.57. The Morgan fingerprint density at radius 3 is 2.42 bits per heavy atom. The molecule has 2 nitrogen and oxygen atoms in total. The number of hydrogen-bond acceptors (Lipinski definition) is 2. The van der Waals surface area contributed by atoms with Gasteiger partial charge in [0.15, 0.2) is 5.15 Å². The summed E-state index contributed by atoms with van der Waals surface area (Å²) in [6.07, 6.45) is 4.67. The Bertz CT molecular complexity index is 283. The summed E-state index contributed by atoms with van der Waals surface area (Å²) in [7, 11) is 0. The van der Waals surface area contributed by atoms with Gasteiger partial charge in [-0.05, 0) is 59.4 Å². The molecule has 0 bridgehead atoms. The lowest BCUT2D eigenvalue weighted by Crippen LogP contribution is -2.08. The highest BCUT2D eigenvalue weighted by Gasteiger charge is 2.16. The standard InChI is InChI=1S/C8H8ClIN2/c9-7-5-3-1-2-4-6(5)8(10)12-11-7/h1-4H2. The van der Waals surface area contributed by atoms with Crippen LogP contribution in [0.5, 0.6) is 0 Å². The summed E-state index contributed by atoms with van der Waals surface area (Å²) in [5.41, 5.74) is 2.55. The average molecular weight is 295 g/mol. The Kier molecular flexibility index (Phi) is 2.50. The molecule has 1 heterocycles. The smallest absolute Gasteiger partial charge is 0.143 e. The van der Waals surface area contributed by atoms with Gasteiger partial charge in [-0.3, -0.25) is 0 Å². The molecule has 0 spiro atoms. The van der Waals surface area contributed by atoms with Gasteiger partial charge in [0, 0.05) is 0 Å². The maximum absolute atomic E-state index is 5.94.